The van der Waals surface area contributed by atoms with E-state index in [9.17, 15) is 0 Å². The first kappa shape index (κ1) is 14.8. The summed E-state index contributed by atoms with van der Waals surface area (Å²) in [6.07, 6.45) is 0. The minimum Gasteiger partial charge on any atom is -0.0617 e. The molecular formula is C20H26. The van der Waals surface area contributed by atoms with Gasteiger partial charge in [-0.05, 0) is 53.5 Å². The first-order valence-corrected chi connectivity index (χ1v) is 7.62. The number of hydrogen-bond acceptors (Lipinski definition) is 0. The van der Waals surface area contributed by atoms with Crippen LogP contribution in [0.2, 0.25) is 0 Å². The minimum absolute atomic E-state index is 0.546. The first-order chi connectivity index (χ1) is 9.41. The molecule has 20 heavy (non-hydrogen) atoms. The van der Waals surface area contributed by atoms with E-state index in [4.69, 9.17) is 0 Å². The third-order valence-electron chi connectivity index (χ3n) is 4.02. The molecule has 0 radical (unpaired) electrons. The molecule has 0 fully saturated rings. The summed E-state index contributed by atoms with van der Waals surface area (Å²) < 4.78 is 0. The van der Waals surface area contributed by atoms with E-state index in [-0.39, 0.29) is 0 Å². The lowest BCUT2D eigenvalue weighted by molar-refractivity contribution is 0.837. The summed E-state index contributed by atoms with van der Waals surface area (Å²) in [6, 6.07) is 13.6. The minimum atomic E-state index is 0.546. The average Bonchev–Trinajstić information content (AvgIpc) is 2.37. The molecule has 0 saturated carbocycles. The zero-order chi connectivity index (χ0) is 14.9. The van der Waals surface area contributed by atoms with Gasteiger partial charge in [0.1, 0.15) is 0 Å². The average molecular weight is 266 g/mol. The lowest BCUT2D eigenvalue weighted by Gasteiger charge is -2.21. The van der Waals surface area contributed by atoms with Crippen LogP contribution in [0.3, 0.4) is 0 Å². The van der Waals surface area contributed by atoms with Crippen molar-refractivity contribution in [2.45, 2.75) is 53.4 Å². The first-order valence-electron chi connectivity index (χ1n) is 7.62. The van der Waals surface area contributed by atoms with Crippen molar-refractivity contribution in [1.29, 1.82) is 0 Å². The van der Waals surface area contributed by atoms with Crippen LogP contribution in [0.5, 0.6) is 0 Å². The van der Waals surface area contributed by atoms with Crippen LogP contribution in [0.25, 0.3) is 11.1 Å². The Bertz CT molecular complexity index is 577. The molecule has 0 N–H and O–H groups in total. The van der Waals surface area contributed by atoms with Gasteiger partial charge in [0.2, 0.25) is 0 Å². The van der Waals surface area contributed by atoms with Gasteiger partial charge in [-0.2, -0.15) is 0 Å². The molecule has 0 aliphatic carbocycles. The van der Waals surface area contributed by atoms with Crippen molar-refractivity contribution in [3.8, 4) is 11.1 Å². The fraction of sp³-hybridized carbons (Fsp3) is 0.400. The predicted molar refractivity (Wildman–Crippen MR) is 89.5 cm³/mol. The SMILES string of the molecule is Cc1ccc(-c2c(C(C)C)cccc2C(C)C)c(C)c1. The van der Waals surface area contributed by atoms with E-state index in [2.05, 4.69) is 77.9 Å². The van der Waals surface area contributed by atoms with Crippen LogP contribution >= 0.6 is 0 Å². The highest BCUT2D eigenvalue weighted by atomic mass is 14.2. The van der Waals surface area contributed by atoms with Crippen LogP contribution < -0.4 is 0 Å². The summed E-state index contributed by atoms with van der Waals surface area (Å²) in [5, 5.41) is 0. The maximum atomic E-state index is 2.29. The third-order valence-corrected chi connectivity index (χ3v) is 4.02. The Balaban J connectivity index is 2.76. The maximum absolute atomic E-state index is 2.29. The van der Waals surface area contributed by atoms with Crippen LogP contribution in [-0.4, -0.2) is 0 Å². The van der Waals surface area contributed by atoms with E-state index in [0.717, 1.165) is 0 Å². The van der Waals surface area contributed by atoms with Gasteiger partial charge in [0.05, 0.1) is 0 Å². The van der Waals surface area contributed by atoms with Gasteiger partial charge in [0.15, 0.2) is 0 Å². The van der Waals surface area contributed by atoms with Crippen molar-refractivity contribution >= 4 is 0 Å². The molecular weight excluding hydrogens is 240 g/mol. The van der Waals surface area contributed by atoms with Gasteiger partial charge in [-0.1, -0.05) is 69.7 Å². The summed E-state index contributed by atoms with van der Waals surface area (Å²) in [5.74, 6) is 1.09. The molecule has 0 bridgehead atoms. The molecule has 2 rings (SSSR count). The Labute approximate surface area is 123 Å². The fourth-order valence-electron chi connectivity index (χ4n) is 2.96. The quantitative estimate of drug-likeness (QED) is 0.619. The zero-order valence-corrected chi connectivity index (χ0v) is 13.6. The van der Waals surface area contributed by atoms with E-state index < -0.39 is 0 Å². The molecule has 0 aliphatic heterocycles. The lowest BCUT2D eigenvalue weighted by atomic mass is 9.83. The van der Waals surface area contributed by atoms with Gasteiger partial charge in [-0.15, -0.1) is 0 Å². The highest BCUT2D eigenvalue weighted by molar-refractivity contribution is 5.75. The summed E-state index contributed by atoms with van der Waals surface area (Å²) in [6.45, 7) is 13.5. The van der Waals surface area contributed by atoms with Crippen molar-refractivity contribution in [3.63, 3.8) is 0 Å². The molecule has 0 heterocycles. The third kappa shape index (κ3) is 2.80. The van der Waals surface area contributed by atoms with Gasteiger partial charge >= 0.3 is 0 Å². The molecule has 0 aliphatic rings. The Morgan fingerprint density at radius 3 is 1.75 bits per heavy atom. The normalized spacial score (nSPS) is 11.4. The molecule has 0 unspecified atom stereocenters. The van der Waals surface area contributed by atoms with Gasteiger partial charge < -0.3 is 0 Å². The number of benzene rings is 2. The van der Waals surface area contributed by atoms with Crippen molar-refractivity contribution in [1.82, 2.24) is 0 Å². The van der Waals surface area contributed by atoms with Gasteiger partial charge in [0.25, 0.3) is 0 Å². The highest BCUT2D eigenvalue weighted by Crippen LogP contribution is 2.37. The molecule has 0 spiro atoms. The number of aryl methyl sites for hydroxylation is 2. The fourth-order valence-corrected chi connectivity index (χ4v) is 2.96. The van der Waals surface area contributed by atoms with Crippen molar-refractivity contribution in [2.24, 2.45) is 0 Å². The molecule has 0 amide bonds. The number of rotatable bonds is 3. The molecule has 0 heteroatoms. The van der Waals surface area contributed by atoms with Crippen molar-refractivity contribution in [2.75, 3.05) is 0 Å². The lowest BCUT2D eigenvalue weighted by Crippen LogP contribution is -2.01. The highest BCUT2D eigenvalue weighted by Gasteiger charge is 2.16. The van der Waals surface area contributed by atoms with Gasteiger partial charge in [-0.25, -0.2) is 0 Å². The zero-order valence-electron chi connectivity index (χ0n) is 13.6. The van der Waals surface area contributed by atoms with Crippen LogP contribution in [0.15, 0.2) is 36.4 Å². The molecule has 0 aromatic heterocycles. The maximum Gasteiger partial charge on any atom is -0.0112 e. The summed E-state index contributed by atoms with van der Waals surface area (Å²) in [5.41, 5.74) is 8.48. The molecule has 0 saturated heterocycles. The molecule has 2 aromatic carbocycles. The summed E-state index contributed by atoms with van der Waals surface area (Å²) in [4.78, 5) is 0. The monoisotopic (exact) mass is 266 g/mol. The van der Waals surface area contributed by atoms with E-state index in [1.807, 2.05) is 0 Å². The van der Waals surface area contributed by atoms with E-state index in [1.165, 1.54) is 33.4 Å². The van der Waals surface area contributed by atoms with Gasteiger partial charge in [-0.3, -0.25) is 0 Å². The molecule has 0 atom stereocenters. The topological polar surface area (TPSA) is 0 Å². The van der Waals surface area contributed by atoms with Crippen molar-refractivity contribution < 1.29 is 0 Å². The molecule has 106 valence electrons. The standard InChI is InChI=1S/C20H26/c1-13(2)17-8-7-9-18(14(3)4)20(17)19-11-10-15(5)12-16(19)6/h7-14H,1-6H3. The van der Waals surface area contributed by atoms with Crippen LogP contribution in [0.1, 0.15) is 61.8 Å². The van der Waals surface area contributed by atoms with Crippen LogP contribution in [0.4, 0.5) is 0 Å². The van der Waals surface area contributed by atoms with Crippen molar-refractivity contribution in [3.05, 3.63) is 58.7 Å². The van der Waals surface area contributed by atoms with E-state index in [0.29, 0.717) is 11.8 Å². The summed E-state index contributed by atoms with van der Waals surface area (Å²) in [7, 11) is 0. The number of hydrogen-bond donors (Lipinski definition) is 0. The van der Waals surface area contributed by atoms with Crippen LogP contribution in [-0.2, 0) is 0 Å². The second-order valence-electron chi connectivity index (χ2n) is 6.44. The molecule has 0 nitrogen and oxygen atoms in total. The molecule has 2 aromatic rings. The Kier molecular flexibility index (Phi) is 4.32. The van der Waals surface area contributed by atoms with E-state index in [1.54, 1.807) is 0 Å². The predicted octanol–water partition coefficient (Wildman–Crippen LogP) is 6.22. The smallest absolute Gasteiger partial charge is 0.0112 e. The Morgan fingerprint density at radius 2 is 1.30 bits per heavy atom. The Morgan fingerprint density at radius 1 is 0.750 bits per heavy atom. The second kappa shape index (κ2) is 5.83. The second-order valence-corrected chi connectivity index (χ2v) is 6.44. The largest absolute Gasteiger partial charge is 0.0617 e. The van der Waals surface area contributed by atoms with Crippen LogP contribution in [0, 0.1) is 13.8 Å². The van der Waals surface area contributed by atoms with Gasteiger partial charge in [0, 0.05) is 0 Å². The summed E-state index contributed by atoms with van der Waals surface area (Å²) >= 11 is 0. The van der Waals surface area contributed by atoms with E-state index >= 15 is 0 Å². The Hall–Kier alpha value is -1.56.